The Morgan fingerprint density at radius 3 is 2.35 bits per heavy atom. The van der Waals surface area contributed by atoms with Gasteiger partial charge in [-0.15, -0.1) is 11.3 Å². The van der Waals surface area contributed by atoms with E-state index in [0.29, 0.717) is 0 Å². The quantitative estimate of drug-likeness (QED) is 0.847. The van der Waals surface area contributed by atoms with E-state index in [-0.39, 0.29) is 11.5 Å². The number of nitrogens with two attached hydrogens (primary N) is 1. The Hall–Kier alpha value is -1.12. The Morgan fingerprint density at radius 2 is 1.76 bits per heavy atom. The highest BCUT2D eigenvalue weighted by Crippen LogP contribution is 2.32. The van der Waals surface area contributed by atoms with Crippen LogP contribution in [0.4, 0.5) is 0 Å². The number of thiophene rings is 1. The summed E-state index contributed by atoms with van der Waals surface area (Å²) in [4.78, 5) is 1.22. The largest absolute Gasteiger partial charge is 0.320 e. The second kappa shape index (κ2) is 4.63. The molecule has 2 heteroatoms. The molecule has 0 saturated heterocycles. The van der Waals surface area contributed by atoms with Gasteiger partial charge in [-0.1, -0.05) is 51.1 Å². The Labute approximate surface area is 107 Å². The van der Waals surface area contributed by atoms with Crippen LogP contribution < -0.4 is 5.73 Å². The van der Waals surface area contributed by atoms with E-state index in [4.69, 9.17) is 5.73 Å². The second-order valence-electron chi connectivity index (χ2n) is 5.33. The minimum Gasteiger partial charge on any atom is -0.320 e. The number of hydrogen-bond acceptors (Lipinski definition) is 2. The molecule has 1 unspecified atom stereocenters. The fourth-order valence-corrected chi connectivity index (χ4v) is 2.82. The van der Waals surface area contributed by atoms with Crippen molar-refractivity contribution in [3.05, 3.63) is 57.8 Å². The van der Waals surface area contributed by atoms with Crippen LogP contribution >= 0.6 is 11.3 Å². The van der Waals surface area contributed by atoms with Crippen molar-refractivity contribution in [2.45, 2.75) is 32.2 Å². The first-order valence-electron chi connectivity index (χ1n) is 5.88. The number of benzene rings is 1. The van der Waals surface area contributed by atoms with Crippen LogP contribution in [0.25, 0.3) is 0 Å². The van der Waals surface area contributed by atoms with E-state index in [1.165, 1.54) is 16.0 Å². The molecule has 0 spiro atoms. The van der Waals surface area contributed by atoms with Crippen LogP contribution in [0, 0.1) is 0 Å². The molecule has 1 nitrogen and oxygen atoms in total. The van der Waals surface area contributed by atoms with Crippen LogP contribution in [0.15, 0.2) is 41.8 Å². The third-order valence-electron chi connectivity index (χ3n) is 2.95. The van der Waals surface area contributed by atoms with Gasteiger partial charge >= 0.3 is 0 Å². The Balaban J connectivity index is 2.46. The molecule has 0 saturated carbocycles. The summed E-state index contributed by atoms with van der Waals surface area (Å²) in [5.74, 6) is 0. The lowest BCUT2D eigenvalue weighted by Crippen LogP contribution is -2.20. The SMILES string of the molecule is CC(C)(C)c1ccccc1C(N)c1cccs1. The fraction of sp³-hybridized carbons (Fsp3) is 0.333. The van der Waals surface area contributed by atoms with Gasteiger partial charge < -0.3 is 5.73 Å². The molecule has 0 aliphatic rings. The zero-order chi connectivity index (χ0) is 12.5. The van der Waals surface area contributed by atoms with E-state index in [1.54, 1.807) is 11.3 Å². The summed E-state index contributed by atoms with van der Waals surface area (Å²) in [5, 5.41) is 2.08. The van der Waals surface area contributed by atoms with E-state index < -0.39 is 0 Å². The monoisotopic (exact) mass is 245 g/mol. The molecule has 1 aromatic carbocycles. The van der Waals surface area contributed by atoms with Gasteiger partial charge in [0.25, 0.3) is 0 Å². The first kappa shape index (κ1) is 12.3. The standard InChI is InChI=1S/C15H19NS/c1-15(2,3)12-8-5-4-7-11(12)14(16)13-9-6-10-17-13/h4-10,14H,16H2,1-3H3. The van der Waals surface area contributed by atoms with Gasteiger partial charge in [0.2, 0.25) is 0 Å². The molecule has 0 amide bonds. The molecule has 1 heterocycles. The van der Waals surface area contributed by atoms with E-state index in [1.807, 2.05) is 0 Å². The van der Waals surface area contributed by atoms with Crippen LogP contribution in [-0.2, 0) is 5.41 Å². The predicted octanol–water partition coefficient (Wildman–Crippen LogP) is 4.09. The number of rotatable bonds is 2. The third-order valence-corrected chi connectivity index (χ3v) is 3.91. The molecule has 0 aliphatic carbocycles. The summed E-state index contributed by atoms with van der Waals surface area (Å²) in [6.07, 6.45) is 0. The smallest absolute Gasteiger partial charge is 0.0648 e. The minimum absolute atomic E-state index is 0.00887. The lowest BCUT2D eigenvalue weighted by atomic mass is 9.82. The van der Waals surface area contributed by atoms with E-state index >= 15 is 0 Å². The third kappa shape index (κ3) is 2.59. The highest BCUT2D eigenvalue weighted by atomic mass is 32.1. The highest BCUT2D eigenvalue weighted by molar-refractivity contribution is 7.10. The van der Waals surface area contributed by atoms with Gasteiger partial charge in [-0.3, -0.25) is 0 Å². The Bertz CT molecular complexity index is 480. The predicted molar refractivity (Wildman–Crippen MR) is 75.5 cm³/mol. The summed E-state index contributed by atoms with van der Waals surface area (Å²) in [5.41, 5.74) is 9.07. The second-order valence-corrected chi connectivity index (χ2v) is 6.31. The molecule has 0 radical (unpaired) electrons. The molecule has 1 aromatic heterocycles. The van der Waals surface area contributed by atoms with Gasteiger partial charge in [-0.25, -0.2) is 0 Å². The Kier molecular flexibility index (Phi) is 3.36. The summed E-state index contributed by atoms with van der Waals surface area (Å²) in [6, 6.07) is 12.6. The van der Waals surface area contributed by atoms with Crippen LogP contribution in [-0.4, -0.2) is 0 Å². The maximum absolute atomic E-state index is 6.37. The average molecular weight is 245 g/mol. The average Bonchev–Trinajstić information content (AvgIpc) is 2.80. The summed E-state index contributed by atoms with van der Waals surface area (Å²) >= 11 is 1.72. The van der Waals surface area contributed by atoms with Crippen LogP contribution in [0.3, 0.4) is 0 Å². The molecule has 0 bridgehead atoms. The molecular formula is C15H19NS. The van der Waals surface area contributed by atoms with E-state index in [0.717, 1.165) is 0 Å². The molecule has 0 fully saturated rings. The van der Waals surface area contributed by atoms with Crippen molar-refractivity contribution < 1.29 is 0 Å². The van der Waals surface area contributed by atoms with E-state index in [2.05, 4.69) is 62.5 Å². The van der Waals surface area contributed by atoms with Crippen molar-refractivity contribution in [2.24, 2.45) is 5.73 Å². The van der Waals surface area contributed by atoms with Gasteiger partial charge in [0, 0.05) is 4.88 Å². The molecule has 90 valence electrons. The van der Waals surface area contributed by atoms with Gasteiger partial charge in [0.1, 0.15) is 0 Å². The van der Waals surface area contributed by atoms with Crippen molar-refractivity contribution in [1.29, 1.82) is 0 Å². The lowest BCUT2D eigenvalue weighted by molar-refractivity contribution is 0.578. The zero-order valence-corrected chi connectivity index (χ0v) is 11.4. The van der Waals surface area contributed by atoms with Gasteiger partial charge in [-0.2, -0.15) is 0 Å². The van der Waals surface area contributed by atoms with Crippen LogP contribution in [0.1, 0.15) is 42.8 Å². The highest BCUT2D eigenvalue weighted by Gasteiger charge is 2.21. The molecule has 2 aromatic rings. The molecule has 0 aliphatic heterocycles. The first-order chi connectivity index (χ1) is 8.00. The lowest BCUT2D eigenvalue weighted by Gasteiger charge is -2.25. The fourth-order valence-electron chi connectivity index (χ4n) is 2.07. The molecule has 2 N–H and O–H groups in total. The first-order valence-corrected chi connectivity index (χ1v) is 6.76. The van der Waals surface area contributed by atoms with Gasteiger partial charge in [0.15, 0.2) is 0 Å². The topological polar surface area (TPSA) is 26.0 Å². The summed E-state index contributed by atoms with van der Waals surface area (Å²) < 4.78 is 0. The van der Waals surface area contributed by atoms with Crippen molar-refractivity contribution in [1.82, 2.24) is 0 Å². The van der Waals surface area contributed by atoms with Crippen molar-refractivity contribution >= 4 is 11.3 Å². The number of hydrogen-bond donors (Lipinski definition) is 1. The van der Waals surface area contributed by atoms with Gasteiger partial charge in [0.05, 0.1) is 6.04 Å². The van der Waals surface area contributed by atoms with Crippen molar-refractivity contribution in [3.8, 4) is 0 Å². The van der Waals surface area contributed by atoms with Crippen molar-refractivity contribution in [2.75, 3.05) is 0 Å². The van der Waals surface area contributed by atoms with Crippen molar-refractivity contribution in [3.63, 3.8) is 0 Å². The normalized spacial score (nSPS) is 13.6. The maximum atomic E-state index is 6.37. The molecule has 2 rings (SSSR count). The van der Waals surface area contributed by atoms with Crippen LogP contribution in [0.5, 0.6) is 0 Å². The summed E-state index contributed by atoms with van der Waals surface area (Å²) in [7, 11) is 0. The maximum Gasteiger partial charge on any atom is 0.0648 e. The van der Waals surface area contributed by atoms with Crippen LogP contribution in [0.2, 0.25) is 0 Å². The van der Waals surface area contributed by atoms with E-state index in [9.17, 15) is 0 Å². The molecule has 1 atom stereocenters. The Morgan fingerprint density at radius 1 is 1.06 bits per heavy atom. The van der Waals surface area contributed by atoms with Gasteiger partial charge in [-0.05, 0) is 28.0 Å². The zero-order valence-electron chi connectivity index (χ0n) is 10.6. The molecular weight excluding hydrogens is 226 g/mol. The molecule has 17 heavy (non-hydrogen) atoms. The minimum atomic E-state index is -0.00887. The summed E-state index contributed by atoms with van der Waals surface area (Å²) in [6.45, 7) is 6.69.